The Balaban J connectivity index is 1.69. The van der Waals surface area contributed by atoms with Crippen molar-refractivity contribution in [1.29, 1.82) is 0 Å². The van der Waals surface area contributed by atoms with Crippen LogP contribution in [0.25, 0.3) is 11.0 Å². The van der Waals surface area contributed by atoms with Crippen LogP contribution >= 0.6 is 24.0 Å². The zero-order chi connectivity index (χ0) is 15.9. The lowest BCUT2D eigenvalue weighted by atomic mass is 10.0. The fraction of sp³-hybridized carbons (Fsp3) is 0.176. The Kier molecular flexibility index (Phi) is 3.60. The molecule has 0 bridgehead atoms. The molecule has 0 aliphatic carbocycles. The summed E-state index contributed by atoms with van der Waals surface area (Å²) in [6, 6.07) is 17.6. The van der Waals surface area contributed by atoms with Gasteiger partial charge in [0.05, 0.1) is 23.3 Å². The minimum absolute atomic E-state index is 0.450. The second-order valence-electron chi connectivity index (χ2n) is 5.52. The number of hydrogen-bond acceptors (Lipinski definition) is 4. The van der Waals surface area contributed by atoms with Gasteiger partial charge in [-0.05, 0) is 12.1 Å². The molecule has 1 unspecified atom stereocenters. The number of H-pyrrole nitrogens is 1. The van der Waals surface area contributed by atoms with Gasteiger partial charge in [-0.15, -0.1) is 0 Å². The Hall–Kier alpha value is -1.89. The van der Waals surface area contributed by atoms with Gasteiger partial charge in [0.15, 0.2) is 5.72 Å². The number of fused-ring (bicyclic) bond motifs is 1. The molecule has 0 amide bonds. The SMILES string of the molecule is OC1(c2ccccc2)CSC(=S)N1Cc1nc2ccccc2[nH]1. The Morgan fingerprint density at radius 1 is 1.17 bits per heavy atom. The molecule has 0 saturated carbocycles. The molecule has 0 radical (unpaired) electrons. The van der Waals surface area contributed by atoms with E-state index in [9.17, 15) is 5.11 Å². The highest BCUT2D eigenvalue weighted by Gasteiger charge is 2.44. The molecule has 3 aromatic rings. The standard InChI is InChI=1S/C17H15N3OS2/c21-17(12-6-2-1-3-7-12)11-23-16(22)20(17)10-15-18-13-8-4-5-9-14(13)19-15/h1-9,21H,10-11H2,(H,18,19). The van der Waals surface area contributed by atoms with Gasteiger partial charge in [-0.1, -0.05) is 66.4 Å². The molecule has 116 valence electrons. The zero-order valence-electron chi connectivity index (χ0n) is 12.3. The van der Waals surface area contributed by atoms with Crippen LogP contribution in [0.2, 0.25) is 0 Å². The van der Waals surface area contributed by atoms with Crippen LogP contribution in [0.1, 0.15) is 11.4 Å². The average Bonchev–Trinajstić information content (AvgIpc) is 3.12. The molecule has 4 rings (SSSR count). The molecule has 4 nitrogen and oxygen atoms in total. The number of aliphatic hydroxyl groups is 1. The van der Waals surface area contributed by atoms with E-state index in [1.165, 1.54) is 11.8 Å². The molecule has 1 aliphatic rings. The summed E-state index contributed by atoms with van der Waals surface area (Å²) in [4.78, 5) is 9.74. The summed E-state index contributed by atoms with van der Waals surface area (Å²) in [5.41, 5.74) is 1.66. The van der Waals surface area contributed by atoms with Crippen LogP contribution in [0.15, 0.2) is 54.6 Å². The molecular weight excluding hydrogens is 326 g/mol. The molecule has 2 heterocycles. The number of nitrogens with zero attached hydrogens (tertiary/aromatic N) is 2. The number of thiocarbonyl (C=S) groups is 1. The van der Waals surface area contributed by atoms with Crippen LogP contribution in [-0.4, -0.2) is 30.0 Å². The van der Waals surface area contributed by atoms with E-state index in [1.54, 1.807) is 0 Å². The first-order chi connectivity index (χ1) is 11.2. The van der Waals surface area contributed by atoms with Crippen molar-refractivity contribution in [3.63, 3.8) is 0 Å². The van der Waals surface area contributed by atoms with Crippen LogP contribution in [0, 0.1) is 0 Å². The number of benzene rings is 2. The Morgan fingerprint density at radius 3 is 2.70 bits per heavy atom. The molecule has 1 aromatic heterocycles. The van der Waals surface area contributed by atoms with Gasteiger partial charge in [-0.3, -0.25) is 0 Å². The first-order valence-electron chi connectivity index (χ1n) is 7.33. The Labute approximate surface area is 143 Å². The molecule has 1 fully saturated rings. The summed E-state index contributed by atoms with van der Waals surface area (Å²) in [5, 5.41) is 11.2. The maximum absolute atomic E-state index is 11.2. The third-order valence-corrected chi connectivity index (χ3v) is 5.63. The second kappa shape index (κ2) is 5.63. The fourth-order valence-corrected chi connectivity index (χ4v) is 4.25. The molecular formula is C17H15N3OS2. The first kappa shape index (κ1) is 14.7. The molecule has 6 heteroatoms. The van der Waals surface area contributed by atoms with Crippen molar-refractivity contribution in [3.8, 4) is 0 Å². The monoisotopic (exact) mass is 341 g/mol. The number of aromatic nitrogens is 2. The molecule has 2 aromatic carbocycles. The van der Waals surface area contributed by atoms with E-state index in [1.807, 2.05) is 59.5 Å². The Morgan fingerprint density at radius 2 is 1.91 bits per heavy atom. The van der Waals surface area contributed by atoms with Crippen molar-refractivity contribution in [2.24, 2.45) is 0 Å². The van der Waals surface area contributed by atoms with Gasteiger partial charge in [0.1, 0.15) is 10.1 Å². The van der Waals surface area contributed by atoms with E-state index in [0.29, 0.717) is 16.6 Å². The summed E-state index contributed by atoms with van der Waals surface area (Å²) in [6.45, 7) is 0.450. The van der Waals surface area contributed by atoms with Crippen molar-refractivity contribution in [3.05, 3.63) is 66.0 Å². The van der Waals surface area contributed by atoms with E-state index >= 15 is 0 Å². The predicted octanol–water partition coefficient (Wildman–Crippen LogP) is 3.24. The number of para-hydroxylation sites is 2. The lowest BCUT2D eigenvalue weighted by Crippen LogP contribution is -2.44. The quantitative estimate of drug-likeness (QED) is 0.716. The van der Waals surface area contributed by atoms with Gasteiger partial charge in [-0.2, -0.15) is 0 Å². The number of hydrogen-bond donors (Lipinski definition) is 2. The minimum Gasteiger partial charge on any atom is -0.366 e. The van der Waals surface area contributed by atoms with E-state index < -0.39 is 5.72 Å². The highest BCUT2D eigenvalue weighted by atomic mass is 32.2. The summed E-state index contributed by atoms with van der Waals surface area (Å²) in [7, 11) is 0. The van der Waals surface area contributed by atoms with Crippen molar-refractivity contribution in [2.45, 2.75) is 12.3 Å². The van der Waals surface area contributed by atoms with E-state index in [4.69, 9.17) is 12.2 Å². The molecule has 23 heavy (non-hydrogen) atoms. The van der Waals surface area contributed by atoms with E-state index in [2.05, 4.69) is 9.97 Å². The maximum Gasteiger partial charge on any atom is 0.175 e. The molecule has 1 saturated heterocycles. The highest BCUT2D eigenvalue weighted by molar-refractivity contribution is 8.23. The second-order valence-corrected chi connectivity index (χ2v) is 7.13. The lowest BCUT2D eigenvalue weighted by Gasteiger charge is -2.33. The highest BCUT2D eigenvalue weighted by Crippen LogP contribution is 2.39. The van der Waals surface area contributed by atoms with Gasteiger partial charge in [-0.25, -0.2) is 4.98 Å². The van der Waals surface area contributed by atoms with Crippen LogP contribution < -0.4 is 0 Å². The summed E-state index contributed by atoms with van der Waals surface area (Å²) < 4.78 is 0.691. The average molecular weight is 341 g/mol. The molecule has 1 atom stereocenters. The number of nitrogens with one attached hydrogen (secondary N) is 1. The van der Waals surface area contributed by atoms with E-state index in [-0.39, 0.29) is 0 Å². The summed E-state index contributed by atoms with van der Waals surface area (Å²) in [5.74, 6) is 1.32. The molecule has 2 N–H and O–H groups in total. The molecule has 0 spiro atoms. The maximum atomic E-state index is 11.2. The van der Waals surface area contributed by atoms with Crippen LogP contribution in [-0.2, 0) is 12.3 Å². The van der Waals surface area contributed by atoms with Crippen molar-refractivity contribution in [2.75, 3.05) is 5.75 Å². The zero-order valence-corrected chi connectivity index (χ0v) is 13.9. The summed E-state index contributed by atoms with van der Waals surface area (Å²) in [6.07, 6.45) is 0. The first-order valence-corrected chi connectivity index (χ1v) is 8.72. The number of rotatable bonds is 3. The van der Waals surface area contributed by atoms with Crippen LogP contribution in [0.3, 0.4) is 0 Å². The number of imidazole rings is 1. The van der Waals surface area contributed by atoms with Gasteiger partial charge in [0.2, 0.25) is 0 Å². The van der Waals surface area contributed by atoms with Gasteiger partial charge in [0.25, 0.3) is 0 Å². The fourth-order valence-electron chi connectivity index (χ4n) is 2.84. The third-order valence-electron chi connectivity index (χ3n) is 4.05. The lowest BCUT2D eigenvalue weighted by molar-refractivity contribution is -0.0517. The van der Waals surface area contributed by atoms with Crippen molar-refractivity contribution in [1.82, 2.24) is 14.9 Å². The van der Waals surface area contributed by atoms with Crippen molar-refractivity contribution >= 4 is 39.3 Å². The largest absolute Gasteiger partial charge is 0.366 e. The summed E-state index contributed by atoms with van der Waals surface area (Å²) >= 11 is 6.96. The topological polar surface area (TPSA) is 52.1 Å². The van der Waals surface area contributed by atoms with Crippen molar-refractivity contribution < 1.29 is 5.11 Å². The Bertz CT molecular complexity index is 831. The normalized spacial score (nSPS) is 21.3. The molecule has 1 aliphatic heterocycles. The van der Waals surface area contributed by atoms with Gasteiger partial charge in [0, 0.05) is 5.56 Å². The van der Waals surface area contributed by atoms with Gasteiger partial charge < -0.3 is 15.0 Å². The smallest absolute Gasteiger partial charge is 0.175 e. The predicted molar refractivity (Wildman–Crippen MR) is 97.0 cm³/mol. The van der Waals surface area contributed by atoms with Crippen LogP contribution in [0.4, 0.5) is 0 Å². The minimum atomic E-state index is -1.10. The van der Waals surface area contributed by atoms with E-state index in [0.717, 1.165) is 22.4 Å². The third kappa shape index (κ3) is 2.52. The van der Waals surface area contributed by atoms with Gasteiger partial charge >= 0.3 is 0 Å². The van der Waals surface area contributed by atoms with Crippen LogP contribution in [0.5, 0.6) is 0 Å². The number of thioether (sulfide) groups is 1. The number of aromatic amines is 1.